The fourth-order valence-corrected chi connectivity index (χ4v) is 1.54. The minimum atomic E-state index is -0.176. The molecule has 0 aromatic heterocycles. The molecule has 0 radical (unpaired) electrons. The lowest BCUT2D eigenvalue weighted by atomic mass is 10.1. The molecule has 0 amide bonds. The number of esters is 1. The molecule has 0 atom stereocenters. The fourth-order valence-electron chi connectivity index (χ4n) is 1.54. The van der Waals surface area contributed by atoms with E-state index < -0.39 is 0 Å². The first-order chi connectivity index (χ1) is 7.65. The lowest BCUT2D eigenvalue weighted by Gasteiger charge is -2.16. The van der Waals surface area contributed by atoms with Crippen molar-refractivity contribution < 1.29 is 14.3 Å². The molecular formula is C13H14O3. The van der Waals surface area contributed by atoms with E-state index in [1.165, 1.54) is 0 Å². The Morgan fingerprint density at radius 2 is 2.31 bits per heavy atom. The van der Waals surface area contributed by atoms with E-state index in [1.54, 1.807) is 6.07 Å². The molecule has 2 rings (SSSR count). The lowest BCUT2D eigenvalue weighted by Crippen LogP contribution is -2.15. The predicted molar refractivity (Wildman–Crippen MR) is 60.7 cm³/mol. The van der Waals surface area contributed by atoms with Gasteiger partial charge in [0.1, 0.15) is 18.1 Å². The molecule has 0 N–H and O–H groups in total. The molecule has 0 fully saturated rings. The zero-order valence-electron chi connectivity index (χ0n) is 9.29. The minimum absolute atomic E-state index is 0.176. The van der Waals surface area contributed by atoms with Crippen molar-refractivity contribution in [2.75, 3.05) is 6.61 Å². The molecule has 1 aliphatic heterocycles. The Bertz CT molecular complexity index is 435. The molecule has 1 aromatic rings. The topological polar surface area (TPSA) is 35.5 Å². The second-order valence-electron chi connectivity index (χ2n) is 3.99. The summed E-state index contributed by atoms with van der Waals surface area (Å²) in [5, 5.41) is 0. The van der Waals surface area contributed by atoms with Crippen LogP contribution in [-0.2, 0) is 11.2 Å². The molecule has 1 aliphatic rings. The molecule has 1 heterocycles. The molecular weight excluding hydrogens is 204 g/mol. The molecule has 84 valence electrons. The SMILES string of the molecule is C=C(C)COc1ccc2c(c1)OC(=O)CC2. The summed E-state index contributed by atoms with van der Waals surface area (Å²) in [5.74, 6) is 1.15. The van der Waals surface area contributed by atoms with Crippen LogP contribution in [0.4, 0.5) is 0 Å². The molecule has 0 spiro atoms. The van der Waals surface area contributed by atoms with Crippen LogP contribution in [0.15, 0.2) is 30.4 Å². The van der Waals surface area contributed by atoms with Crippen LogP contribution in [0, 0.1) is 0 Å². The maximum absolute atomic E-state index is 11.1. The molecule has 0 aliphatic carbocycles. The molecule has 0 saturated heterocycles. The summed E-state index contributed by atoms with van der Waals surface area (Å²) >= 11 is 0. The van der Waals surface area contributed by atoms with Gasteiger partial charge in [-0.2, -0.15) is 0 Å². The number of fused-ring (bicyclic) bond motifs is 1. The highest BCUT2D eigenvalue weighted by atomic mass is 16.5. The van der Waals surface area contributed by atoms with E-state index in [-0.39, 0.29) is 5.97 Å². The summed E-state index contributed by atoms with van der Waals surface area (Å²) < 4.78 is 10.6. The van der Waals surface area contributed by atoms with E-state index in [1.807, 2.05) is 19.1 Å². The average Bonchev–Trinajstić information content (AvgIpc) is 2.25. The molecule has 1 aromatic carbocycles. The van der Waals surface area contributed by atoms with E-state index in [0.717, 1.165) is 17.6 Å². The Morgan fingerprint density at radius 1 is 1.50 bits per heavy atom. The van der Waals surface area contributed by atoms with Crippen molar-refractivity contribution in [2.45, 2.75) is 19.8 Å². The zero-order valence-corrected chi connectivity index (χ0v) is 9.29. The van der Waals surface area contributed by atoms with E-state index in [0.29, 0.717) is 24.5 Å². The van der Waals surface area contributed by atoms with Gasteiger partial charge in [-0.15, -0.1) is 0 Å². The van der Waals surface area contributed by atoms with E-state index in [9.17, 15) is 4.79 Å². The van der Waals surface area contributed by atoms with E-state index >= 15 is 0 Å². The highest BCUT2D eigenvalue weighted by Crippen LogP contribution is 2.29. The Hall–Kier alpha value is -1.77. The Kier molecular flexibility index (Phi) is 2.95. The third kappa shape index (κ3) is 2.42. The zero-order chi connectivity index (χ0) is 11.5. The van der Waals surface area contributed by atoms with E-state index in [2.05, 4.69) is 6.58 Å². The Balaban J connectivity index is 2.14. The van der Waals surface area contributed by atoms with Crippen molar-refractivity contribution in [2.24, 2.45) is 0 Å². The van der Waals surface area contributed by atoms with Gasteiger partial charge in [0.25, 0.3) is 0 Å². The van der Waals surface area contributed by atoms with Gasteiger partial charge in [-0.3, -0.25) is 4.79 Å². The maximum atomic E-state index is 11.1. The minimum Gasteiger partial charge on any atom is -0.489 e. The maximum Gasteiger partial charge on any atom is 0.311 e. The average molecular weight is 218 g/mol. The highest BCUT2D eigenvalue weighted by molar-refractivity contribution is 5.75. The van der Waals surface area contributed by atoms with Crippen LogP contribution >= 0.6 is 0 Å². The van der Waals surface area contributed by atoms with Gasteiger partial charge in [0.15, 0.2) is 0 Å². The van der Waals surface area contributed by atoms with Crippen LogP contribution < -0.4 is 9.47 Å². The summed E-state index contributed by atoms with van der Waals surface area (Å²) in [5.41, 5.74) is 2.01. The standard InChI is InChI=1S/C13H14O3/c1-9(2)8-15-11-5-3-10-4-6-13(14)16-12(10)7-11/h3,5,7H,1,4,6,8H2,2H3. The fraction of sp³-hybridized carbons (Fsp3) is 0.308. The number of ether oxygens (including phenoxy) is 2. The summed E-state index contributed by atoms with van der Waals surface area (Å²) in [6.45, 7) is 6.14. The van der Waals surface area contributed by atoms with Gasteiger partial charge in [-0.1, -0.05) is 12.6 Å². The summed E-state index contributed by atoms with van der Waals surface area (Å²) in [4.78, 5) is 11.1. The van der Waals surface area contributed by atoms with Crippen LogP contribution in [0.1, 0.15) is 18.9 Å². The number of rotatable bonds is 3. The first kappa shape index (κ1) is 10.7. The smallest absolute Gasteiger partial charge is 0.311 e. The van der Waals surface area contributed by atoms with Crippen molar-refractivity contribution in [3.8, 4) is 11.5 Å². The number of aryl methyl sites for hydroxylation is 1. The number of hydrogen-bond acceptors (Lipinski definition) is 3. The normalized spacial score (nSPS) is 13.9. The number of carbonyl (C=O) groups is 1. The van der Waals surface area contributed by atoms with Crippen molar-refractivity contribution in [1.82, 2.24) is 0 Å². The van der Waals surface area contributed by atoms with Gasteiger partial charge in [0.2, 0.25) is 0 Å². The van der Waals surface area contributed by atoms with E-state index in [4.69, 9.17) is 9.47 Å². The molecule has 3 heteroatoms. The van der Waals surface area contributed by atoms with Crippen molar-refractivity contribution in [3.05, 3.63) is 35.9 Å². The van der Waals surface area contributed by atoms with Crippen LogP contribution in [0.2, 0.25) is 0 Å². The van der Waals surface area contributed by atoms with Crippen LogP contribution in [0.25, 0.3) is 0 Å². The molecule has 0 saturated carbocycles. The largest absolute Gasteiger partial charge is 0.489 e. The summed E-state index contributed by atoms with van der Waals surface area (Å²) in [6.07, 6.45) is 1.20. The molecule has 0 unspecified atom stereocenters. The summed E-state index contributed by atoms with van der Waals surface area (Å²) in [6, 6.07) is 5.59. The van der Waals surface area contributed by atoms with Gasteiger partial charge in [-0.05, 0) is 30.5 Å². The first-order valence-electron chi connectivity index (χ1n) is 5.26. The first-order valence-corrected chi connectivity index (χ1v) is 5.26. The summed E-state index contributed by atoms with van der Waals surface area (Å²) in [7, 11) is 0. The van der Waals surface area contributed by atoms with Gasteiger partial charge in [-0.25, -0.2) is 0 Å². The monoisotopic (exact) mass is 218 g/mol. The molecule has 3 nitrogen and oxygen atoms in total. The predicted octanol–water partition coefficient (Wildman–Crippen LogP) is 2.49. The van der Waals surface area contributed by atoms with Crippen LogP contribution in [0.5, 0.6) is 11.5 Å². The Labute approximate surface area is 94.7 Å². The van der Waals surface area contributed by atoms with Gasteiger partial charge < -0.3 is 9.47 Å². The second kappa shape index (κ2) is 4.39. The van der Waals surface area contributed by atoms with Crippen LogP contribution in [-0.4, -0.2) is 12.6 Å². The quantitative estimate of drug-likeness (QED) is 0.444. The Morgan fingerprint density at radius 3 is 3.06 bits per heavy atom. The highest BCUT2D eigenvalue weighted by Gasteiger charge is 2.17. The van der Waals surface area contributed by atoms with Crippen molar-refractivity contribution in [1.29, 1.82) is 0 Å². The van der Waals surface area contributed by atoms with Gasteiger partial charge >= 0.3 is 5.97 Å². The lowest BCUT2D eigenvalue weighted by molar-refractivity contribution is -0.135. The van der Waals surface area contributed by atoms with Gasteiger partial charge in [0, 0.05) is 6.07 Å². The van der Waals surface area contributed by atoms with Crippen molar-refractivity contribution in [3.63, 3.8) is 0 Å². The van der Waals surface area contributed by atoms with Crippen LogP contribution in [0.3, 0.4) is 0 Å². The third-order valence-electron chi connectivity index (χ3n) is 2.35. The van der Waals surface area contributed by atoms with Crippen molar-refractivity contribution >= 4 is 5.97 Å². The third-order valence-corrected chi connectivity index (χ3v) is 2.35. The number of carbonyl (C=O) groups excluding carboxylic acids is 1. The second-order valence-corrected chi connectivity index (χ2v) is 3.99. The number of benzene rings is 1. The van der Waals surface area contributed by atoms with Gasteiger partial charge in [0.05, 0.1) is 6.42 Å². The molecule has 0 bridgehead atoms. The molecule has 16 heavy (non-hydrogen) atoms. The number of hydrogen-bond donors (Lipinski definition) is 0.